The van der Waals surface area contributed by atoms with Crippen molar-refractivity contribution in [3.05, 3.63) is 27.4 Å². The molecule has 2 N–H and O–H groups in total. The van der Waals surface area contributed by atoms with Crippen LogP contribution in [0.2, 0.25) is 0 Å². The molecule has 1 atom stereocenters. The number of aromatic amines is 1. The minimum Gasteiger partial charge on any atom is -0.313 e. The molecule has 1 aliphatic rings. The molecule has 1 aliphatic carbocycles. The van der Waals surface area contributed by atoms with Gasteiger partial charge in [-0.15, -0.1) is 0 Å². The van der Waals surface area contributed by atoms with Gasteiger partial charge in [-0.2, -0.15) is 4.98 Å². The van der Waals surface area contributed by atoms with Crippen molar-refractivity contribution >= 4 is 0 Å². The summed E-state index contributed by atoms with van der Waals surface area (Å²) in [4.78, 5) is 17.9. The second-order valence-electron chi connectivity index (χ2n) is 3.76. The summed E-state index contributed by atoms with van der Waals surface area (Å²) in [6.07, 6.45) is 3.16. The first-order valence-electron chi connectivity index (χ1n) is 4.99. The summed E-state index contributed by atoms with van der Waals surface area (Å²) in [7, 11) is 1.95. The third-order valence-corrected chi connectivity index (χ3v) is 2.85. The van der Waals surface area contributed by atoms with Crippen LogP contribution in [0.5, 0.6) is 0 Å². The molecule has 1 heterocycles. The SMILES string of the molecule is CNC1CCCc2nc(=O)[nH]c(C)c21. The molecule has 0 aliphatic heterocycles. The van der Waals surface area contributed by atoms with Crippen molar-refractivity contribution in [3.8, 4) is 0 Å². The molecule has 1 unspecified atom stereocenters. The van der Waals surface area contributed by atoms with E-state index in [0.717, 1.165) is 30.7 Å². The lowest BCUT2D eigenvalue weighted by Gasteiger charge is -2.25. The van der Waals surface area contributed by atoms with Crippen molar-refractivity contribution in [2.24, 2.45) is 0 Å². The molecule has 0 bridgehead atoms. The predicted octanol–water partition coefficient (Wildman–Crippen LogP) is 0.675. The quantitative estimate of drug-likeness (QED) is 0.689. The van der Waals surface area contributed by atoms with Crippen molar-refractivity contribution in [2.75, 3.05) is 7.05 Å². The molecule has 0 spiro atoms. The van der Waals surface area contributed by atoms with E-state index in [-0.39, 0.29) is 5.69 Å². The maximum absolute atomic E-state index is 11.2. The second kappa shape index (κ2) is 3.53. The Morgan fingerprint density at radius 1 is 1.57 bits per heavy atom. The first kappa shape index (κ1) is 9.40. The average Bonchev–Trinajstić information content (AvgIpc) is 2.16. The zero-order chi connectivity index (χ0) is 10.1. The second-order valence-corrected chi connectivity index (χ2v) is 3.76. The Hall–Kier alpha value is -1.16. The van der Waals surface area contributed by atoms with Gasteiger partial charge in [0.1, 0.15) is 0 Å². The van der Waals surface area contributed by atoms with Gasteiger partial charge in [-0.3, -0.25) is 0 Å². The number of hydrogen-bond acceptors (Lipinski definition) is 3. The number of hydrogen-bond donors (Lipinski definition) is 2. The lowest BCUT2D eigenvalue weighted by Crippen LogP contribution is -2.28. The summed E-state index contributed by atoms with van der Waals surface area (Å²) in [5.74, 6) is 0. The number of H-pyrrole nitrogens is 1. The Morgan fingerprint density at radius 3 is 3.07 bits per heavy atom. The molecule has 4 nitrogen and oxygen atoms in total. The van der Waals surface area contributed by atoms with E-state index in [1.54, 1.807) is 0 Å². The van der Waals surface area contributed by atoms with Crippen LogP contribution in [0.15, 0.2) is 4.79 Å². The molecule has 76 valence electrons. The van der Waals surface area contributed by atoms with E-state index >= 15 is 0 Å². The molecule has 14 heavy (non-hydrogen) atoms. The van der Waals surface area contributed by atoms with Gasteiger partial charge in [0, 0.05) is 17.3 Å². The fourth-order valence-corrected chi connectivity index (χ4v) is 2.21. The lowest BCUT2D eigenvalue weighted by atomic mass is 9.90. The van der Waals surface area contributed by atoms with Crippen LogP contribution in [0, 0.1) is 6.92 Å². The first-order chi connectivity index (χ1) is 6.72. The molecule has 0 saturated heterocycles. The summed E-state index contributed by atoms with van der Waals surface area (Å²) < 4.78 is 0. The molecule has 2 rings (SSSR count). The van der Waals surface area contributed by atoms with Crippen molar-refractivity contribution in [1.29, 1.82) is 0 Å². The van der Waals surface area contributed by atoms with Crippen molar-refractivity contribution < 1.29 is 0 Å². The Morgan fingerprint density at radius 2 is 2.36 bits per heavy atom. The third-order valence-electron chi connectivity index (χ3n) is 2.85. The summed E-state index contributed by atoms with van der Waals surface area (Å²) in [6.45, 7) is 1.94. The van der Waals surface area contributed by atoms with Gasteiger partial charge in [-0.25, -0.2) is 4.79 Å². The highest BCUT2D eigenvalue weighted by Gasteiger charge is 2.22. The topological polar surface area (TPSA) is 57.8 Å². The third kappa shape index (κ3) is 1.46. The number of aromatic nitrogens is 2. The van der Waals surface area contributed by atoms with Gasteiger partial charge in [0.05, 0.1) is 5.69 Å². The molecule has 0 saturated carbocycles. The van der Waals surface area contributed by atoms with Crippen LogP contribution in [0.1, 0.15) is 35.8 Å². The van der Waals surface area contributed by atoms with E-state index in [2.05, 4.69) is 15.3 Å². The Bertz CT molecular complexity index is 397. The number of aryl methyl sites for hydroxylation is 2. The molecular weight excluding hydrogens is 178 g/mol. The van der Waals surface area contributed by atoms with Crippen LogP contribution in [0.25, 0.3) is 0 Å². The van der Waals surface area contributed by atoms with Crippen LogP contribution in [-0.4, -0.2) is 17.0 Å². The van der Waals surface area contributed by atoms with Gasteiger partial charge < -0.3 is 10.3 Å². The summed E-state index contributed by atoms with van der Waals surface area (Å²) in [5.41, 5.74) is 2.90. The van der Waals surface area contributed by atoms with Crippen LogP contribution < -0.4 is 11.0 Å². The van der Waals surface area contributed by atoms with Crippen molar-refractivity contribution in [1.82, 2.24) is 15.3 Å². The standard InChI is InChI=1S/C10H15N3O/c1-6-9-7(11-2)4-3-5-8(9)13-10(14)12-6/h7,11H,3-5H2,1-2H3,(H,12,13,14). The van der Waals surface area contributed by atoms with Gasteiger partial charge in [-0.05, 0) is 33.2 Å². The van der Waals surface area contributed by atoms with E-state index in [0.29, 0.717) is 6.04 Å². The molecule has 0 amide bonds. The summed E-state index contributed by atoms with van der Waals surface area (Å²) in [6, 6.07) is 0.350. The average molecular weight is 193 g/mol. The minimum absolute atomic E-state index is 0.224. The Kier molecular flexibility index (Phi) is 2.37. The highest BCUT2D eigenvalue weighted by atomic mass is 16.1. The van der Waals surface area contributed by atoms with E-state index in [4.69, 9.17) is 0 Å². The Balaban J connectivity index is 2.56. The minimum atomic E-state index is -0.224. The fourth-order valence-electron chi connectivity index (χ4n) is 2.21. The zero-order valence-corrected chi connectivity index (χ0v) is 8.55. The van der Waals surface area contributed by atoms with Crippen molar-refractivity contribution in [3.63, 3.8) is 0 Å². The number of fused-ring (bicyclic) bond motifs is 1. The van der Waals surface area contributed by atoms with Gasteiger partial charge in [0.2, 0.25) is 0 Å². The molecule has 0 aromatic carbocycles. The molecule has 1 aromatic heterocycles. The van der Waals surface area contributed by atoms with Gasteiger partial charge in [0.25, 0.3) is 0 Å². The normalized spacial score (nSPS) is 20.6. The van der Waals surface area contributed by atoms with E-state index < -0.39 is 0 Å². The van der Waals surface area contributed by atoms with Gasteiger partial charge >= 0.3 is 5.69 Å². The smallest absolute Gasteiger partial charge is 0.313 e. The molecular formula is C10H15N3O. The van der Waals surface area contributed by atoms with Crippen LogP contribution in [0.3, 0.4) is 0 Å². The highest BCUT2D eigenvalue weighted by Crippen LogP contribution is 2.28. The monoisotopic (exact) mass is 193 g/mol. The molecule has 0 fully saturated rings. The largest absolute Gasteiger partial charge is 0.345 e. The molecule has 1 aromatic rings. The van der Waals surface area contributed by atoms with Crippen LogP contribution in [-0.2, 0) is 6.42 Å². The van der Waals surface area contributed by atoms with Crippen LogP contribution >= 0.6 is 0 Å². The van der Waals surface area contributed by atoms with E-state index in [9.17, 15) is 4.79 Å². The van der Waals surface area contributed by atoms with E-state index in [1.807, 2.05) is 14.0 Å². The number of nitrogens with zero attached hydrogens (tertiary/aromatic N) is 1. The molecule has 0 radical (unpaired) electrons. The fraction of sp³-hybridized carbons (Fsp3) is 0.600. The van der Waals surface area contributed by atoms with Gasteiger partial charge in [0.15, 0.2) is 0 Å². The lowest BCUT2D eigenvalue weighted by molar-refractivity contribution is 0.482. The first-order valence-corrected chi connectivity index (χ1v) is 4.99. The zero-order valence-electron chi connectivity index (χ0n) is 8.55. The highest BCUT2D eigenvalue weighted by molar-refractivity contribution is 5.29. The predicted molar refractivity (Wildman–Crippen MR) is 54.3 cm³/mol. The van der Waals surface area contributed by atoms with E-state index in [1.165, 1.54) is 5.56 Å². The Labute approximate surface area is 82.8 Å². The summed E-state index contributed by atoms with van der Waals surface area (Å²) >= 11 is 0. The molecule has 4 heteroatoms. The number of rotatable bonds is 1. The van der Waals surface area contributed by atoms with Crippen LogP contribution in [0.4, 0.5) is 0 Å². The number of nitrogens with one attached hydrogen (secondary N) is 2. The van der Waals surface area contributed by atoms with Crippen molar-refractivity contribution in [2.45, 2.75) is 32.2 Å². The maximum Gasteiger partial charge on any atom is 0.345 e. The van der Waals surface area contributed by atoms with Gasteiger partial charge in [-0.1, -0.05) is 0 Å². The maximum atomic E-state index is 11.2. The summed E-state index contributed by atoms with van der Waals surface area (Å²) in [5, 5.41) is 3.26.